The summed E-state index contributed by atoms with van der Waals surface area (Å²) in [6, 6.07) is 2.21. The molecule has 1 aliphatic rings. The van der Waals surface area contributed by atoms with Crippen LogP contribution in [0.1, 0.15) is 17.3 Å². The molecule has 3 nitrogen and oxygen atoms in total. The smallest absolute Gasteiger partial charge is 0.256 e. The van der Waals surface area contributed by atoms with Gasteiger partial charge < -0.3 is 10.2 Å². The predicted molar refractivity (Wildman–Crippen MR) is 79.7 cm³/mol. The van der Waals surface area contributed by atoms with Gasteiger partial charge in [-0.2, -0.15) is 0 Å². The third kappa shape index (κ3) is 3.76. The molecule has 1 aromatic rings. The molecular formula is C12H14ClF2IN2O. The molecule has 0 radical (unpaired) electrons. The molecule has 0 spiro atoms. The number of carbonyl (C=O) groups excluding carboxylic acids is 1. The van der Waals surface area contributed by atoms with Gasteiger partial charge in [-0.1, -0.05) is 0 Å². The fraction of sp³-hybridized carbons (Fsp3) is 0.417. The number of hydrogen-bond acceptors (Lipinski definition) is 2. The molecule has 1 aliphatic heterocycles. The first-order valence-electron chi connectivity index (χ1n) is 5.66. The number of carbonyl (C=O) groups is 1. The minimum atomic E-state index is -0.802. The molecule has 106 valence electrons. The van der Waals surface area contributed by atoms with Gasteiger partial charge in [-0.25, -0.2) is 8.78 Å². The standard InChI is InChI=1S/C12H13F2IN2O.ClH/c1-7-6-17(3-2-16-7)12(18)8-4-11(15)10(14)5-9(8)13;/h4-5,7,16H,2-3,6H2,1H3;1H. The molecule has 1 unspecified atom stereocenters. The lowest BCUT2D eigenvalue weighted by atomic mass is 10.1. The Morgan fingerprint density at radius 2 is 2.11 bits per heavy atom. The lowest BCUT2D eigenvalue weighted by Gasteiger charge is -2.32. The van der Waals surface area contributed by atoms with Gasteiger partial charge in [0.2, 0.25) is 0 Å². The van der Waals surface area contributed by atoms with E-state index in [1.54, 1.807) is 27.5 Å². The summed E-state index contributed by atoms with van der Waals surface area (Å²) in [4.78, 5) is 13.8. The van der Waals surface area contributed by atoms with Crippen LogP contribution in [0.15, 0.2) is 12.1 Å². The van der Waals surface area contributed by atoms with E-state index in [1.165, 1.54) is 6.07 Å². The largest absolute Gasteiger partial charge is 0.336 e. The van der Waals surface area contributed by atoms with Crippen molar-refractivity contribution in [3.8, 4) is 0 Å². The Morgan fingerprint density at radius 1 is 1.42 bits per heavy atom. The highest BCUT2D eigenvalue weighted by atomic mass is 127. The van der Waals surface area contributed by atoms with E-state index in [9.17, 15) is 13.6 Å². The van der Waals surface area contributed by atoms with Crippen molar-refractivity contribution in [3.63, 3.8) is 0 Å². The molecule has 0 aromatic heterocycles. The summed E-state index contributed by atoms with van der Waals surface area (Å²) in [6.45, 7) is 3.72. The third-order valence-corrected chi connectivity index (χ3v) is 3.72. The monoisotopic (exact) mass is 402 g/mol. The molecule has 2 rings (SSSR count). The molecule has 1 fully saturated rings. The van der Waals surface area contributed by atoms with Crippen LogP contribution in [0.2, 0.25) is 0 Å². The summed E-state index contributed by atoms with van der Waals surface area (Å²) in [5, 5.41) is 3.20. The summed E-state index contributed by atoms with van der Waals surface area (Å²) in [5.74, 6) is -1.82. The molecule has 1 saturated heterocycles. The fourth-order valence-corrected chi connectivity index (χ4v) is 2.44. The minimum absolute atomic E-state index is 0. The lowest BCUT2D eigenvalue weighted by Crippen LogP contribution is -2.51. The van der Waals surface area contributed by atoms with Gasteiger partial charge in [-0.05, 0) is 35.6 Å². The zero-order chi connectivity index (χ0) is 13.3. The zero-order valence-electron chi connectivity index (χ0n) is 10.3. The number of hydrogen-bond donors (Lipinski definition) is 1. The highest BCUT2D eigenvalue weighted by Gasteiger charge is 2.24. The molecule has 1 N–H and O–H groups in total. The summed E-state index contributed by atoms with van der Waals surface area (Å²) in [5.41, 5.74) is -0.0603. The summed E-state index contributed by atoms with van der Waals surface area (Å²) >= 11 is 1.75. The Bertz CT molecular complexity index is 487. The molecule has 0 aliphatic carbocycles. The maximum atomic E-state index is 13.6. The number of nitrogens with one attached hydrogen (secondary N) is 1. The van der Waals surface area contributed by atoms with Gasteiger partial charge in [0, 0.05) is 35.3 Å². The number of halogens is 4. The van der Waals surface area contributed by atoms with Crippen LogP contribution in [0.25, 0.3) is 0 Å². The minimum Gasteiger partial charge on any atom is -0.336 e. The van der Waals surface area contributed by atoms with Crippen LogP contribution in [0.5, 0.6) is 0 Å². The molecule has 7 heteroatoms. The first-order chi connectivity index (χ1) is 8.49. The Morgan fingerprint density at radius 3 is 2.74 bits per heavy atom. The van der Waals surface area contributed by atoms with Crippen molar-refractivity contribution in [1.29, 1.82) is 0 Å². The maximum absolute atomic E-state index is 13.6. The molecule has 1 atom stereocenters. The van der Waals surface area contributed by atoms with E-state index in [2.05, 4.69) is 5.32 Å². The SMILES string of the molecule is CC1CN(C(=O)c2cc(I)c(F)cc2F)CCN1.Cl. The number of rotatable bonds is 1. The van der Waals surface area contributed by atoms with Crippen molar-refractivity contribution < 1.29 is 13.6 Å². The number of benzene rings is 1. The molecule has 1 amide bonds. The Balaban J connectivity index is 0.00000180. The molecular weight excluding hydrogens is 388 g/mol. The second-order valence-corrected chi connectivity index (χ2v) is 5.51. The van der Waals surface area contributed by atoms with Crippen LogP contribution in [0.4, 0.5) is 8.78 Å². The van der Waals surface area contributed by atoms with Gasteiger partial charge in [0.05, 0.1) is 5.56 Å². The topological polar surface area (TPSA) is 32.3 Å². The molecule has 1 aromatic carbocycles. The van der Waals surface area contributed by atoms with Crippen LogP contribution in [0.3, 0.4) is 0 Å². The number of amides is 1. The predicted octanol–water partition coefficient (Wildman–Crippen LogP) is 2.43. The average Bonchev–Trinajstić information content (AvgIpc) is 2.33. The van der Waals surface area contributed by atoms with Gasteiger partial charge in [0.15, 0.2) is 0 Å². The quantitative estimate of drug-likeness (QED) is 0.578. The zero-order valence-corrected chi connectivity index (χ0v) is 13.2. The van der Waals surface area contributed by atoms with E-state index in [0.29, 0.717) is 19.6 Å². The maximum Gasteiger partial charge on any atom is 0.256 e. The van der Waals surface area contributed by atoms with Crippen molar-refractivity contribution >= 4 is 40.9 Å². The second kappa shape index (κ2) is 6.81. The summed E-state index contributed by atoms with van der Waals surface area (Å²) in [7, 11) is 0. The van der Waals surface area contributed by atoms with E-state index in [-0.39, 0.29) is 33.5 Å². The lowest BCUT2D eigenvalue weighted by molar-refractivity contribution is 0.0704. The highest BCUT2D eigenvalue weighted by Crippen LogP contribution is 2.19. The highest BCUT2D eigenvalue weighted by molar-refractivity contribution is 14.1. The Hall–Kier alpha value is -0.470. The average molecular weight is 403 g/mol. The van der Waals surface area contributed by atoms with Crippen LogP contribution < -0.4 is 5.32 Å². The molecule has 1 heterocycles. The van der Waals surface area contributed by atoms with E-state index < -0.39 is 11.6 Å². The Kier molecular flexibility index (Phi) is 5.94. The van der Waals surface area contributed by atoms with Crippen LogP contribution in [-0.4, -0.2) is 36.5 Å². The van der Waals surface area contributed by atoms with Crippen molar-refractivity contribution in [2.75, 3.05) is 19.6 Å². The van der Waals surface area contributed by atoms with Gasteiger partial charge in [-0.3, -0.25) is 4.79 Å². The van der Waals surface area contributed by atoms with Gasteiger partial charge in [0.1, 0.15) is 11.6 Å². The van der Waals surface area contributed by atoms with Crippen molar-refractivity contribution in [1.82, 2.24) is 10.2 Å². The van der Waals surface area contributed by atoms with Gasteiger partial charge >= 0.3 is 0 Å². The van der Waals surface area contributed by atoms with Crippen LogP contribution in [-0.2, 0) is 0 Å². The molecule has 19 heavy (non-hydrogen) atoms. The van der Waals surface area contributed by atoms with E-state index in [4.69, 9.17) is 0 Å². The van der Waals surface area contributed by atoms with Gasteiger partial charge in [-0.15, -0.1) is 12.4 Å². The summed E-state index contributed by atoms with van der Waals surface area (Å²) < 4.78 is 27.0. The number of nitrogens with zero attached hydrogens (tertiary/aromatic N) is 1. The van der Waals surface area contributed by atoms with E-state index in [0.717, 1.165) is 6.07 Å². The molecule has 0 saturated carbocycles. The third-order valence-electron chi connectivity index (χ3n) is 2.90. The van der Waals surface area contributed by atoms with Crippen molar-refractivity contribution in [2.24, 2.45) is 0 Å². The van der Waals surface area contributed by atoms with Crippen LogP contribution in [0, 0.1) is 15.2 Å². The second-order valence-electron chi connectivity index (χ2n) is 4.35. The van der Waals surface area contributed by atoms with E-state index >= 15 is 0 Å². The Labute approximate surface area is 130 Å². The van der Waals surface area contributed by atoms with Crippen LogP contribution >= 0.6 is 35.0 Å². The van der Waals surface area contributed by atoms with Crippen molar-refractivity contribution in [2.45, 2.75) is 13.0 Å². The normalized spacial score (nSPS) is 18.9. The van der Waals surface area contributed by atoms with E-state index in [1.807, 2.05) is 6.92 Å². The van der Waals surface area contributed by atoms with Gasteiger partial charge in [0.25, 0.3) is 5.91 Å². The molecule has 0 bridgehead atoms. The first kappa shape index (κ1) is 16.6. The van der Waals surface area contributed by atoms with Crippen molar-refractivity contribution in [3.05, 3.63) is 32.9 Å². The summed E-state index contributed by atoms with van der Waals surface area (Å²) in [6.07, 6.45) is 0. The first-order valence-corrected chi connectivity index (χ1v) is 6.74. The number of piperazine rings is 1. The fourth-order valence-electron chi connectivity index (χ4n) is 1.97.